The van der Waals surface area contributed by atoms with E-state index in [1.54, 1.807) is 0 Å². The summed E-state index contributed by atoms with van der Waals surface area (Å²) in [7, 11) is 0. The molecule has 344 valence electrons. The van der Waals surface area contributed by atoms with Crippen LogP contribution in [0, 0.1) is 5.41 Å². The van der Waals surface area contributed by atoms with Crippen LogP contribution in [-0.4, -0.2) is 22.3 Å². The van der Waals surface area contributed by atoms with E-state index in [-0.39, 0.29) is 29.0 Å². The molecule has 2 unspecified atom stereocenters. The van der Waals surface area contributed by atoms with Crippen LogP contribution in [0.4, 0.5) is 0 Å². The van der Waals surface area contributed by atoms with Gasteiger partial charge in [0, 0.05) is 64.0 Å². The van der Waals surface area contributed by atoms with Gasteiger partial charge in [-0.15, -0.1) is 0 Å². The van der Waals surface area contributed by atoms with Gasteiger partial charge in [0.2, 0.25) is 0 Å². The van der Waals surface area contributed by atoms with Gasteiger partial charge >= 0.3 is 0 Å². The molecule has 4 N–H and O–H groups in total. The number of aromatic hydroxyl groups is 2. The quantitative estimate of drug-likeness (QED) is 0.0870. The second kappa shape index (κ2) is 19.3. The van der Waals surface area contributed by atoms with Crippen LogP contribution in [0.3, 0.4) is 0 Å². The maximum Gasteiger partial charge on any atom is 0.128 e. The van der Waals surface area contributed by atoms with E-state index in [0.29, 0.717) is 26.3 Å². The van der Waals surface area contributed by atoms with Crippen LogP contribution >= 0.6 is 0 Å². The van der Waals surface area contributed by atoms with Gasteiger partial charge in [0.05, 0.1) is 0 Å². The number of rotatable bonds is 14. The largest absolute Gasteiger partial charge is 0.507 e. The molecular weight excluding hydrogens is 849 g/mol. The number of hydrogen-bond donors (Lipinski definition) is 4. The molecule has 1 fully saturated rings. The highest BCUT2D eigenvalue weighted by molar-refractivity contribution is 6.10. The van der Waals surface area contributed by atoms with Gasteiger partial charge in [0.15, 0.2) is 0 Å². The molecule has 3 aliphatic carbocycles. The van der Waals surface area contributed by atoms with Crippen LogP contribution in [0.2, 0.25) is 0 Å². The van der Waals surface area contributed by atoms with Crippen molar-refractivity contribution in [2.75, 3.05) is 0 Å². The molecule has 6 nitrogen and oxygen atoms in total. The summed E-state index contributed by atoms with van der Waals surface area (Å²) in [4.78, 5) is 0. The first-order valence-electron chi connectivity index (χ1n) is 24.5. The Morgan fingerprint density at radius 2 is 1.07 bits per heavy atom. The maximum absolute atomic E-state index is 12.6. The van der Waals surface area contributed by atoms with Crippen molar-refractivity contribution < 1.29 is 19.7 Å². The summed E-state index contributed by atoms with van der Waals surface area (Å²) in [6, 6.07) is 54.2. The smallest absolute Gasteiger partial charge is 0.128 e. The van der Waals surface area contributed by atoms with Crippen molar-refractivity contribution in [1.82, 2.24) is 10.6 Å². The third-order valence-corrected chi connectivity index (χ3v) is 14.6. The van der Waals surface area contributed by atoms with Gasteiger partial charge in [-0.1, -0.05) is 184 Å². The first-order valence-corrected chi connectivity index (χ1v) is 24.5. The summed E-state index contributed by atoms with van der Waals surface area (Å²) in [5, 5.41) is 39.2. The van der Waals surface area contributed by atoms with Gasteiger partial charge in [0.25, 0.3) is 0 Å². The van der Waals surface area contributed by atoms with Crippen LogP contribution in [0.5, 0.6) is 17.2 Å². The van der Waals surface area contributed by atoms with Gasteiger partial charge in [-0.2, -0.15) is 0 Å². The van der Waals surface area contributed by atoms with E-state index in [0.717, 1.165) is 126 Å². The first-order chi connectivity index (χ1) is 33.9. The first kappa shape index (κ1) is 44.1. The molecule has 0 saturated heterocycles. The van der Waals surface area contributed by atoms with Crippen molar-refractivity contribution in [1.29, 1.82) is 0 Å². The van der Waals surface area contributed by atoms with Gasteiger partial charge in [0.1, 0.15) is 36.2 Å². The number of hydrogen-bond acceptors (Lipinski definition) is 6. The average molecular weight is 907 g/mol. The summed E-state index contributed by atoms with van der Waals surface area (Å²) in [5.41, 5.74) is 8.20. The summed E-state index contributed by atoms with van der Waals surface area (Å²) in [6.07, 6.45) is 15.9. The number of phenolic OH excluding ortho intramolecular Hbond substituents is 2. The molecule has 0 amide bonds. The normalized spacial score (nSPS) is 18.9. The molecule has 69 heavy (non-hydrogen) atoms. The number of fused-ring (bicyclic) bond motifs is 4. The lowest BCUT2D eigenvalue weighted by atomic mass is 9.69. The molecule has 1 saturated carbocycles. The highest BCUT2D eigenvalue weighted by atomic mass is 16.5. The fourth-order valence-corrected chi connectivity index (χ4v) is 10.9. The molecule has 0 aromatic heterocycles. The molecule has 0 bridgehead atoms. The topological polar surface area (TPSA) is 83.0 Å². The van der Waals surface area contributed by atoms with Crippen molar-refractivity contribution in [3.8, 4) is 28.4 Å². The molecule has 8 aromatic rings. The van der Waals surface area contributed by atoms with Crippen molar-refractivity contribution in [3.05, 3.63) is 227 Å². The molecule has 11 rings (SSSR count). The second-order valence-corrected chi connectivity index (χ2v) is 19.1. The van der Waals surface area contributed by atoms with E-state index in [9.17, 15) is 10.2 Å². The van der Waals surface area contributed by atoms with Gasteiger partial charge in [-0.3, -0.25) is 0 Å². The Kier molecular flexibility index (Phi) is 12.4. The Bertz CT molecular complexity index is 3320. The zero-order chi connectivity index (χ0) is 46.7. The van der Waals surface area contributed by atoms with Crippen LogP contribution in [-0.2, 0) is 31.0 Å². The molecule has 8 aromatic carbocycles. The third-order valence-electron chi connectivity index (χ3n) is 14.6. The van der Waals surface area contributed by atoms with E-state index < -0.39 is 0 Å². The van der Waals surface area contributed by atoms with Crippen molar-refractivity contribution in [2.24, 2.45) is 5.41 Å². The molecule has 0 aliphatic heterocycles. The van der Waals surface area contributed by atoms with Crippen LogP contribution in [0.25, 0.3) is 49.0 Å². The van der Waals surface area contributed by atoms with E-state index in [4.69, 9.17) is 9.47 Å². The van der Waals surface area contributed by atoms with Crippen molar-refractivity contribution in [3.63, 3.8) is 0 Å². The lowest BCUT2D eigenvalue weighted by Gasteiger charge is -2.36. The predicted molar refractivity (Wildman–Crippen MR) is 282 cm³/mol. The highest BCUT2D eigenvalue weighted by Gasteiger charge is 2.36. The van der Waals surface area contributed by atoms with E-state index in [1.807, 2.05) is 48.5 Å². The number of phenols is 2. The zero-order valence-electron chi connectivity index (χ0n) is 39.1. The molecule has 0 spiro atoms. The standard InChI is InChI=1S/C63H58N2O4/c1-63-34-17-16-28-52(63)60(56(33-35-63)69-41-43-20-6-3-7-21-43)59-51-27-13-10-24-46(51)37-48(62(59)67)39-65-54-30-15-14-29-53(54)64-38-47-36-45-23-9-12-26-50(45)58(61(47)66)57-49-25-11-8-22-44(49)31-32-55(57)68-40-42-18-4-2-5-19-42/h2-13,16-28,31-34,36-37,53-54,64-67H,14-15,29-30,35,38-41H2,1H3/t53-,54?,63?/m0/s1. The van der Waals surface area contributed by atoms with Gasteiger partial charge in [-0.05, 0) is 92.6 Å². The molecule has 0 radical (unpaired) electrons. The highest BCUT2D eigenvalue weighted by Crippen LogP contribution is 2.52. The van der Waals surface area contributed by atoms with E-state index >= 15 is 0 Å². The molecule has 0 heterocycles. The molecule has 3 aliphatic rings. The maximum atomic E-state index is 12.6. The monoisotopic (exact) mass is 906 g/mol. The van der Waals surface area contributed by atoms with Crippen LogP contribution in [0.15, 0.2) is 199 Å². The number of allylic oxidation sites excluding steroid dienone is 7. The molecular formula is C63H58N2O4. The Morgan fingerprint density at radius 3 is 1.70 bits per heavy atom. The van der Waals surface area contributed by atoms with Crippen LogP contribution < -0.4 is 15.4 Å². The fourth-order valence-electron chi connectivity index (χ4n) is 10.9. The summed E-state index contributed by atoms with van der Waals surface area (Å²) < 4.78 is 13.3. The van der Waals surface area contributed by atoms with Crippen molar-refractivity contribution >= 4 is 37.9 Å². The number of ether oxygens (including phenoxy) is 2. The third kappa shape index (κ3) is 8.83. The minimum atomic E-state index is -0.236. The Balaban J connectivity index is 0.898. The number of nitrogens with one attached hydrogen (secondary N) is 2. The number of benzene rings is 8. The fraction of sp³-hybridized carbons (Fsp3) is 0.206. The summed E-state index contributed by atoms with van der Waals surface area (Å²) in [6.45, 7) is 4.09. The SMILES string of the molecule is CC12C=CC=CC1=C(c1c(O)c(CNC3CCCC[C@@H]3NCc3cc4ccccc4c(-c4c(OCc5ccccc5)ccc5ccccc45)c3O)cc3ccccc13)C(OCc1ccccc1)=CC2. The Hall–Kier alpha value is -7.38. The van der Waals surface area contributed by atoms with Gasteiger partial charge < -0.3 is 30.3 Å². The minimum absolute atomic E-state index is 0.140. The van der Waals surface area contributed by atoms with E-state index in [1.165, 1.54) is 0 Å². The summed E-state index contributed by atoms with van der Waals surface area (Å²) in [5.74, 6) is 2.06. The minimum Gasteiger partial charge on any atom is -0.507 e. The molecule has 6 heteroatoms. The van der Waals surface area contributed by atoms with Crippen LogP contribution in [0.1, 0.15) is 66.8 Å². The second-order valence-electron chi connectivity index (χ2n) is 19.1. The van der Waals surface area contributed by atoms with Gasteiger partial charge in [-0.25, -0.2) is 0 Å². The average Bonchev–Trinajstić information content (AvgIpc) is 3.39. The lowest BCUT2D eigenvalue weighted by Crippen LogP contribution is -2.49. The predicted octanol–water partition coefficient (Wildman–Crippen LogP) is 14.4. The van der Waals surface area contributed by atoms with E-state index in [2.05, 4.69) is 157 Å². The van der Waals surface area contributed by atoms with Crippen molar-refractivity contribution in [2.45, 2.75) is 77.4 Å². The summed E-state index contributed by atoms with van der Waals surface area (Å²) >= 11 is 0. The zero-order valence-corrected chi connectivity index (χ0v) is 39.1. The lowest BCUT2D eigenvalue weighted by molar-refractivity contribution is 0.209. The Morgan fingerprint density at radius 1 is 0.551 bits per heavy atom. The Labute approximate surface area is 405 Å². The molecule has 3 atom stereocenters.